The first-order valence-electron chi connectivity index (χ1n) is 6.91. The highest BCUT2D eigenvalue weighted by Crippen LogP contribution is 2.30. The van der Waals surface area contributed by atoms with Crippen LogP contribution in [0.25, 0.3) is 22.4 Å². The van der Waals surface area contributed by atoms with Gasteiger partial charge >= 0.3 is 0 Å². The number of aromatic nitrogens is 2. The first kappa shape index (κ1) is 13.3. The summed E-state index contributed by atoms with van der Waals surface area (Å²) in [5, 5.41) is 8.77. The van der Waals surface area contributed by atoms with E-state index in [0.717, 1.165) is 28.2 Å². The third kappa shape index (κ3) is 2.77. The number of anilines is 1. The van der Waals surface area contributed by atoms with Crippen LogP contribution in [0.5, 0.6) is 0 Å². The summed E-state index contributed by atoms with van der Waals surface area (Å²) in [5.41, 5.74) is 4.20. The quantitative estimate of drug-likeness (QED) is 0.726. The van der Waals surface area contributed by atoms with E-state index in [1.54, 1.807) is 0 Å². The molecule has 0 spiro atoms. The molecule has 0 aliphatic rings. The second-order valence-electron chi connectivity index (χ2n) is 5.09. The molecule has 3 aromatic rings. The van der Waals surface area contributed by atoms with Crippen molar-refractivity contribution in [1.82, 2.24) is 10.2 Å². The fraction of sp³-hybridized carbons (Fsp3) is 0.111. The standard InChI is InChI=1S/C18H17N3/c1-21(2)18-16(14-9-5-3-6-10-14)13-17(19-20-18)15-11-7-4-8-12-15/h3-13H,1-2H3. The normalized spacial score (nSPS) is 10.4. The summed E-state index contributed by atoms with van der Waals surface area (Å²) in [6.45, 7) is 0. The molecule has 0 amide bonds. The van der Waals surface area contributed by atoms with Gasteiger partial charge in [-0.05, 0) is 11.6 Å². The molecule has 3 nitrogen and oxygen atoms in total. The van der Waals surface area contributed by atoms with Gasteiger partial charge in [-0.25, -0.2) is 0 Å². The summed E-state index contributed by atoms with van der Waals surface area (Å²) in [4.78, 5) is 1.99. The molecular weight excluding hydrogens is 258 g/mol. The minimum Gasteiger partial charge on any atom is -0.361 e. The predicted molar refractivity (Wildman–Crippen MR) is 87.2 cm³/mol. The maximum absolute atomic E-state index is 4.41. The molecule has 3 rings (SSSR count). The van der Waals surface area contributed by atoms with Crippen LogP contribution in [0.3, 0.4) is 0 Å². The molecule has 0 bridgehead atoms. The zero-order valence-electron chi connectivity index (χ0n) is 12.2. The van der Waals surface area contributed by atoms with Gasteiger partial charge in [-0.3, -0.25) is 0 Å². The van der Waals surface area contributed by atoms with Gasteiger partial charge in [-0.2, -0.15) is 0 Å². The lowest BCUT2D eigenvalue weighted by Crippen LogP contribution is -2.13. The topological polar surface area (TPSA) is 29.0 Å². The Morgan fingerprint density at radius 2 is 1.29 bits per heavy atom. The molecule has 0 fully saturated rings. The van der Waals surface area contributed by atoms with E-state index in [9.17, 15) is 0 Å². The molecular formula is C18H17N3. The number of rotatable bonds is 3. The molecule has 1 heterocycles. The molecule has 104 valence electrons. The fourth-order valence-electron chi connectivity index (χ4n) is 2.30. The summed E-state index contributed by atoms with van der Waals surface area (Å²) in [6, 6.07) is 22.5. The maximum Gasteiger partial charge on any atom is 0.158 e. The van der Waals surface area contributed by atoms with Crippen molar-refractivity contribution < 1.29 is 0 Å². The van der Waals surface area contributed by atoms with Gasteiger partial charge in [0.2, 0.25) is 0 Å². The molecule has 0 N–H and O–H groups in total. The summed E-state index contributed by atoms with van der Waals surface area (Å²) in [6.07, 6.45) is 0. The molecule has 0 saturated heterocycles. The molecule has 0 atom stereocenters. The van der Waals surface area contributed by atoms with Crippen LogP contribution < -0.4 is 4.90 Å². The van der Waals surface area contributed by atoms with Gasteiger partial charge in [0.1, 0.15) is 0 Å². The van der Waals surface area contributed by atoms with Crippen molar-refractivity contribution in [2.45, 2.75) is 0 Å². The minimum atomic E-state index is 0.876. The summed E-state index contributed by atoms with van der Waals surface area (Å²) < 4.78 is 0. The van der Waals surface area contributed by atoms with Gasteiger partial charge in [0.05, 0.1) is 5.69 Å². The molecule has 0 aliphatic heterocycles. The average Bonchev–Trinajstić information content (AvgIpc) is 2.56. The zero-order chi connectivity index (χ0) is 14.7. The van der Waals surface area contributed by atoms with Crippen LogP contribution in [0.2, 0.25) is 0 Å². The number of nitrogens with zero attached hydrogens (tertiary/aromatic N) is 3. The Morgan fingerprint density at radius 3 is 1.86 bits per heavy atom. The number of benzene rings is 2. The molecule has 3 heteroatoms. The van der Waals surface area contributed by atoms with Gasteiger partial charge in [0, 0.05) is 25.2 Å². The lowest BCUT2D eigenvalue weighted by atomic mass is 10.0. The number of hydrogen-bond donors (Lipinski definition) is 0. The molecule has 0 aliphatic carbocycles. The van der Waals surface area contributed by atoms with E-state index in [4.69, 9.17) is 0 Å². The van der Waals surface area contributed by atoms with Gasteiger partial charge < -0.3 is 4.90 Å². The van der Waals surface area contributed by atoms with E-state index in [-0.39, 0.29) is 0 Å². The van der Waals surface area contributed by atoms with Crippen molar-refractivity contribution in [1.29, 1.82) is 0 Å². The van der Waals surface area contributed by atoms with E-state index in [1.165, 1.54) is 0 Å². The maximum atomic E-state index is 4.41. The van der Waals surface area contributed by atoms with Gasteiger partial charge in [0.25, 0.3) is 0 Å². The third-order valence-corrected chi connectivity index (χ3v) is 3.35. The number of hydrogen-bond acceptors (Lipinski definition) is 3. The van der Waals surface area contributed by atoms with Crippen LogP contribution in [-0.4, -0.2) is 24.3 Å². The van der Waals surface area contributed by atoms with Crippen molar-refractivity contribution in [3.63, 3.8) is 0 Å². The van der Waals surface area contributed by atoms with Crippen molar-refractivity contribution in [3.05, 3.63) is 66.7 Å². The fourth-order valence-corrected chi connectivity index (χ4v) is 2.30. The third-order valence-electron chi connectivity index (χ3n) is 3.35. The first-order chi connectivity index (χ1) is 10.3. The lowest BCUT2D eigenvalue weighted by molar-refractivity contribution is 0.971. The van der Waals surface area contributed by atoms with E-state index < -0.39 is 0 Å². The van der Waals surface area contributed by atoms with Crippen LogP contribution in [-0.2, 0) is 0 Å². The highest BCUT2D eigenvalue weighted by Gasteiger charge is 2.11. The Kier molecular flexibility index (Phi) is 3.65. The Balaban J connectivity index is 2.16. The van der Waals surface area contributed by atoms with E-state index in [1.807, 2.05) is 67.5 Å². The van der Waals surface area contributed by atoms with Crippen LogP contribution in [0.1, 0.15) is 0 Å². The SMILES string of the molecule is CN(C)c1nnc(-c2ccccc2)cc1-c1ccccc1. The van der Waals surface area contributed by atoms with Crippen molar-refractivity contribution in [3.8, 4) is 22.4 Å². The van der Waals surface area contributed by atoms with E-state index >= 15 is 0 Å². The second-order valence-corrected chi connectivity index (χ2v) is 5.09. The molecule has 0 unspecified atom stereocenters. The summed E-state index contributed by atoms with van der Waals surface area (Å²) in [5.74, 6) is 0.876. The molecule has 0 radical (unpaired) electrons. The summed E-state index contributed by atoms with van der Waals surface area (Å²) in [7, 11) is 3.97. The summed E-state index contributed by atoms with van der Waals surface area (Å²) >= 11 is 0. The molecule has 21 heavy (non-hydrogen) atoms. The molecule has 0 saturated carbocycles. The van der Waals surface area contributed by atoms with Crippen molar-refractivity contribution in [2.24, 2.45) is 0 Å². The smallest absolute Gasteiger partial charge is 0.158 e. The van der Waals surface area contributed by atoms with Gasteiger partial charge in [-0.1, -0.05) is 60.7 Å². The van der Waals surface area contributed by atoms with Gasteiger partial charge in [-0.15, -0.1) is 10.2 Å². The Labute approximate surface area is 124 Å². The van der Waals surface area contributed by atoms with Crippen LogP contribution >= 0.6 is 0 Å². The average molecular weight is 275 g/mol. The molecule has 2 aromatic carbocycles. The zero-order valence-corrected chi connectivity index (χ0v) is 12.2. The predicted octanol–water partition coefficient (Wildman–Crippen LogP) is 3.88. The highest BCUT2D eigenvalue weighted by molar-refractivity contribution is 5.78. The highest BCUT2D eigenvalue weighted by atomic mass is 15.2. The minimum absolute atomic E-state index is 0.876. The first-order valence-corrected chi connectivity index (χ1v) is 6.91. The van der Waals surface area contributed by atoms with E-state index in [0.29, 0.717) is 0 Å². The van der Waals surface area contributed by atoms with Gasteiger partial charge in [0.15, 0.2) is 5.82 Å². The van der Waals surface area contributed by atoms with Crippen LogP contribution in [0.4, 0.5) is 5.82 Å². The van der Waals surface area contributed by atoms with Crippen LogP contribution in [0, 0.1) is 0 Å². The lowest BCUT2D eigenvalue weighted by Gasteiger charge is -2.16. The largest absolute Gasteiger partial charge is 0.361 e. The van der Waals surface area contributed by atoms with Crippen molar-refractivity contribution >= 4 is 5.82 Å². The Morgan fingerprint density at radius 1 is 0.714 bits per heavy atom. The Bertz CT molecular complexity index is 722. The second kappa shape index (κ2) is 5.75. The Hall–Kier alpha value is -2.68. The van der Waals surface area contributed by atoms with E-state index in [2.05, 4.69) is 28.4 Å². The monoisotopic (exact) mass is 275 g/mol. The van der Waals surface area contributed by atoms with Crippen LogP contribution in [0.15, 0.2) is 66.7 Å². The molecule has 1 aromatic heterocycles. The van der Waals surface area contributed by atoms with Crippen molar-refractivity contribution in [2.75, 3.05) is 19.0 Å².